The van der Waals surface area contributed by atoms with E-state index >= 15 is 0 Å². The van der Waals surface area contributed by atoms with Gasteiger partial charge in [-0.3, -0.25) is 4.79 Å². The Kier molecular flexibility index (Phi) is 5.43. The van der Waals surface area contributed by atoms with Gasteiger partial charge in [0.05, 0.1) is 24.8 Å². The largest absolute Gasteiger partial charge is 0.493 e. The van der Waals surface area contributed by atoms with Gasteiger partial charge >= 0.3 is 0 Å². The van der Waals surface area contributed by atoms with Gasteiger partial charge < -0.3 is 14.8 Å². The van der Waals surface area contributed by atoms with Crippen LogP contribution < -0.4 is 14.8 Å². The molecule has 0 aliphatic heterocycles. The van der Waals surface area contributed by atoms with E-state index in [0.717, 1.165) is 19.3 Å². The number of benzene rings is 1. The van der Waals surface area contributed by atoms with Crippen LogP contribution in [0.3, 0.4) is 0 Å². The fraction of sp³-hybridized carbons (Fsp3) is 0.471. The number of nitriles is 2. The lowest BCUT2D eigenvalue weighted by molar-refractivity contribution is -0.124. The molecule has 0 bridgehead atoms. The lowest BCUT2D eigenvalue weighted by Gasteiger charge is -2.31. The van der Waals surface area contributed by atoms with E-state index in [1.165, 1.54) is 7.11 Å². The number of ether oxygens (including phenoxy) is 2. The Morgan fingerprint density at radius 3 is 2.61 bits per heavy atom. The van der Waals surface area contributed by atoms with Crippen molar-refractivity contribution in [2.24, 2.45) is 0 Å². The van der Waals surface area contributed by atoms with Crippen LogP contribution in [0.15, 0.2) is 18.2 Å². The third kappa shape index (κ3) is 4.14. The molecule has 0 aromatic heterocycles. The molecule has 0 atom stereocenters. The molecule has 0 heterocycles. The van der Waals surface area contributed by atoms with Crippen LogP contribution in [0.1, 0.15) is 37.7 Å². The number of methoxy groups -OCH3 is 1. The average Bonchev–Trinajstić information content (AvgIpc) is 2.60. The van der Waals surface area contributed by atoms with Gasteiger partial charge in [-0.05, 0) is 25.0 Å². The van der Waals surface area contributed by atoms with Crippen molar-refractivity contribution in [2.75, 3.05) is 13.7 Å². The highest BCUT2D eigenvalue weighted by Gasteiger charge is 2.33. The first-order valence-electron chi connectivity index (χ1n) is 7.56. The van der Waals surface area contributed by atoms with Crippen molar-refractivity contribution >= 4 is 5.91 Å². The zero-order valence-corrected chi connectivity index (χ0v) is 13.1. The number of hydrogen-bond acceptors (Lipinski definition) is 5. The Hall–Kier alpha value is -2.73. The molecule has 0 radical (unpaired) electrons. The summed E-state index contributed by atoms with van der Waals surface area (Å²) in [5.74, 6) is 0.445. The molecule has 1 fully saturated rings. The van der Waals surface area contributed by atoms with E-state index in [9.17, 15) is 10.1 Å². The van der Waals surface area contributed by atoms with Gasteiger partial charge in [-0.15, -0.1) is 0 Å². The average molecular weight is 313 g/mol. The molecule has 1 aromatic carbocycles. The van der Waals surface area contributed by atoms with Crippen LogP contribution in [-0.2, 0) is 4.79 Å². The van der Waals surface area contributed by atoms with Crippen LogP contribution >= 0.6 is 0 Å². The molecule has 1 aliphatic rings. The molecule has 1 amide bonds. The van der Waals surface area contributed by atoms with Crippen LogP contribution in [0, 0.1) is 22.7 Å². The fourth-order valence-corrected chi connectivity index (χ4v) is 2.72. The molecule has 0 spiro atoms. The summed E-state index contributed by atoms with van der Waals surface area (Å²) in [6.45, 7) is -0.203. The molecule has 2 rings (SSSR count). The maximum atomic E-state index is 12.1. The summed E-state index contributed by atoms with van der Waals surface area (Å²) in [7, 11) is 1.47. The number of nitrogens with zero attached hydrogens (tertiary/aromatic N) is 2. The molecule has 1 saturated carbocycles. The Bertz CT molecular complexity index is 652. The third-order valence-electron chi connectivity index (χ3n) is 3.95. The molecule has 23 heavy (non-hydrogen) atoms. The number of rotatable bonds is 5. The summed E-state index contributed by atoms with van der Waals surface area (Å²) >= 11 is 0. The molecule has 120 valence electrons. The van der Waals surface area contributed by atoms with E-state index in [1.54, 1.807) is 18.2 Å². The Morgan fingerprint density at radius 2 is 2.00 bits per heavy atom. The van der Waals surface area contributed by atoms with Gasteiger partial charge in [0.15, 0.2) is 18.1 Å². The molecule has 6 nitrogen and oxygen atoms in total. The summed E-state index contributed by atoms with van der Waals surface area (Å²) in [6, 6.07) is 8.97. The van der Waals surface area contributed by atoms with Gasteiger partial charge in [0.25, 0.3) is 5.91 Å². The summed E-state index contributed by atoms with van der Waals surface area (Å²) in [5, 5.41) is 21.0. The second-order valence-electron chi connectivity index (χ2n) is 5.57. The molecule has 0 unspecified atom stereocenters. The van der Waals surface area contributed by atoms with E-state index in [2.05, 4.69) is 11.4 Å². The number of carbonyl (C=O) groups is 1. The van der Waals surface area contributed by atoms with Gasteiger partial charge in [-0.2, -0.15) is 10.5 Å². The van der Waals surface area contributed by atoms with Crippen LogP contribution in [-0.4, -0.2) is 25.2 Å². The molecule has 1 N–H and O–H groups in total. The normalized spacial score (nSPS) is 15.8. The van der Waals surface area contributed by atoms with Crippen LogP contribution in [0.4, 0.5) is 0 Å². The summed E-state index contributed by atoms with van der Waals surface area (Å²) in [5.41, 5.74) is -0.322. The minimum absolute atomic E-state index is 0.203. The van der Waals surface area contributed by atoms with Crippen molar-refractivity contribution in [1.82, 2.24) is 5.32 Å². The Morgan fingerprint density at radius 1 is 1.26 bits per heavy atom. The van der Waals surface area contributed by atoms with Gasteiger partial charge in [0.1, 0.15) is 5.54 Å². The topological polar surface area (TPSA) is 95.1 Å². The van der Waals surface area contributed by atoms with Crippen LogP contribution in [0.25, 0.3) is 0 Å². The van der Waals surface area contributed by atoms with E-state index < -0.39 is 5.54 Å². The van der Waals surface area contributed by atoms with E-state index in [1.807, 2.05) is 6.07 Å². The van der Waals surface area contributed by atoms with Crippen LogP contribution in [0.5, 0.6) is 11.5 Å². The lowest BCUT2D eigenvalue weighted by atomic mass is 9.83. The first kappa shape index (κ1) is 16.6. The van der Waals surface area contributed by atoms with Crippen molar-refractivity contribution < 1.29 is 14.3 Å². The SMILES string of the molecule is COc1cc(C#N)ccc1OCC(=O)NC1(C#N)CCCCC1. The summed E-state index contributed by atoms with van der Waals surface area (Å²) in [4.78, 5) is 12.1. The highest BCUT2D eigenvalue weighted by Crippen LogP contribution is 2.29. The maximum Gasteiger partial charge on any atom is 0.259 e. The fourth-order valence-electron chi connectivity index (χ4n) is 2.72. The number of carbonyl (C=O) groups excluding carboxylic acids is 1. The molecular formula is C17H19N3O3. The minimum atomic E-state index is -0.770. The second kappa shape index (κ2) is 7.51. The predicted molar refractivity (Wildman–Crippen MR) is 82.8 cm³/mol. The Labute approximate surface area is 135 Å². The monoisotopic (exact) mass is 313 g/mol. The second-order valence-corrected chi connectivity index (χ2v) is 5.57. The predicted octanol–water partition coefficient (Wildman–Crippen LogP) is 2.29. The van der Waals surface area contributed by atoms with Crippen molar-refractivity contribution in [2.45, 2.75) is 37.6 Å². The number of nitrogens with one attached hydrogen (secondary N) is 1. The maximum absolute atomic E-state index is 12.1. The molecule has 6 heteroatoms. The van der Waals surface area contributed by atoms with Crippen LogP contribution in [0.2, 0.25) is 0 Å². The summed E-state index contributed by atoms with van der Waals surface area (Å²) < 4.78 is 10.6. The van der Waals surface area contributed by atoms with Crippen molar-refractivity contribution in [3.63, 3.8) is 0 Å². The molecular weight excluding hydrogens is 294 g/mol. The number of amides is 1. The molecule has 1 aromatic rings. The first-order chi connectivity index (χ1) is 11.1. The standard InChI is InChI=1S/C17H19N3O3/c1-22-15-9-13(10-18)5-6-14(15)23-11-16(21)20-17(12-19)7-3-2-4-8-17/h5-6,9H,2-4,7-8,11H2,1H3,(H,20,21). The zero-order chi connectivity index (χ0) is 16.7. The Balaban J connectivity index is 1.97. The summed E-state index contributed by atoms with van der Waals surface area (Å²) in [6.07, 6.45) is 4.33. The van der Waals surface area contributed by atoms with Gasteiger partial charge in [0, 0.05) is 6.07 Å². The zero-order valence-electron chi connectivity index (χ0n) is 13.1. The van der Waals surface area contributed by atoms with Gasteiger partial charge in [-0.1, -0.05) is 19.3 Å². The highest BCUT2D eigenvalue weighted by atomic mass is 16.5. The van der Waals surface area contributed by atoms with Gasteiger partial charge in [-0.25, -0.2) is 0 Å². The van der Waals surface area contributed by atoms with E-state index in [0.29, 0.717) is 29.9 Å². The smallest absolute Gasteiger partial charge is 0.259 e. The van der Waals surface area contributed by atoms with E-state index in [-0.39, 0.29) is 12.5 Å². The van der Waals surface area contributed by atoms with E-state index in [4.69, 9.17) is 14.7 Å². The lowest BCUT2D eigenvalue weighted by Crippen LogP contribution is -2.50. The molecule has 1 aliphatic carbocycles. The van der Waals surface area contributed by atoms with Gasteiger partial charge in [0.2, 0.25) is 0 Å². The minimum Gasteiger partial charge on any atom is -0.493 e. The highest BCUT2D eigenvalue weighted by molar-refractivity contribution is 5.79. The molecule has 0 saturated heterocycles. The first-order valence-corrected chi connectivity index (χ1v) is 7.56. The van der Waals surface area contributed by atoms with Crippen molar-refractivity contribution in [3.8, 4) is 23.6 Å². The third-order valence-corrected chi connectivity index (χ3v) is 3.95. The van der Waals surface area contributed by atoms with Crippen molar-refractivity contribution in [1.29, 1.82) is 10.5 Å². The quantitative estimate of drug-likeness (QED) is 0.899. The van der Waals surface area contributed by atoms with Crippen molar-refractivity contribution in [3.05, 3.63) is 23.8 Å². The number of hydrogen-bond donors (Lipinski definition) is 1.